The van der Waals surface area contributed by atoms with Gasteiger partial charge >= 0.3 is 0 Å². The van der Waals surface area contributed by atoms with E-state index >= 15 is 0 Å². The highest BCUT2D eigenvalue weighted by molar-refractivity contribution is 7.26. The van der Waals surface area contributed by atoms with Crippen molar-refractivity contribution in [2.75, 3.05) is 0 Å². The Morgan fingerprint density at radius 3 is 1.33 bits per heavy atom. The van der Waals surface area contributed by atoms with Crippen molar-refractivity contribution in [2.45, 2.75) is 0 Å². The van der Waals surface area contributed by atoms with Crippen LogP contribution in [0.2, 0.25) is 0 Å². The number of hydrogen-bond donors (Lipinski definition) is 0. The highest BCUT2D eigenvalue weighted by Gasteiger charge is 2.21. The zero-order chi connectivity index (χ0) is 36.0. The summed E-state index contributed by atoms with van der Waals surface area (Å²) >= 11 is 3.76. The van der Waals surface area contributed by atoms with Gasteiger partial charge in [-0.3, -0.25) is 0 Å². The molecule has 0 radical (unpaired) electrons. The molecular weight excluding hydrogens is 703 g/mol. The Kier molecular flexibility index (Phi) is 6.74. The second kappa shape index (κ2) is 12.0. The fraction of sp³-hybridized carbons (Fsp3) is 0. The second-order valence-electron chi connectivity index (χ2n) is 14.4. The minimum absolute atomic E-state index is 1.15. The van der Waals surface area contributed by atoms with Crippen molar-refractivity contribution in [3.8, 4) is 39.1 Å². The lowest BCUT2D eigenvalue weighted by Crippen LogP contribution is -1.97. The Morgan fingerprint density at radius 1 is 0.291 bits per heavy atom. The molecule has 9 aromatic carbocycles. The quantitative estimate of drug-likeness (QED) is 0.170. The van der Waals surface area contributed by atoms with Gasteiger partial charge in [-0.1, -0.05) is 152 Å². The van der Waals surface area contributed by atoms with Crippen molar-refractivity contribution in [2.24, 2.45) is 0 Å². The molecule has 0 aliphatic carbocycles. The first-order valence-electron chi connectivity index (χ1n) is 18.7. The molecule has 1 nitrogen and oxygen atoms in total. The van der Waals surface area contributed by atoms with E-state index in [-0.39, 0.29) is 0 Å². The predicted molar refractivity (Wildman–Crippen MR) is 240 cm³/mol. The van der Waals surface area contributed by atoms with Crippen molar-refractivity contribution in [1.29, 1.82) is 0 Å². The third kappa shape index (κ3) is 4.70. The van der Waals surface area contributed by atoms with Crippen LogP contribution in [0.15, 0.2) is 188 Å². The lowest BCUT2D eigenvalue weighted by molar-refractivity contribution is 1.18. The molecule has 0 fully saturated rings. The fourth-order valence-corrected chi connectivity index (χ4v) is 11.2. The third-order valence-corrected chi connectivity index (χ3v) is 13.7. The number of thiophene rings is 2. The van der Waals surface area contributed by atoms with Crippen LogP contribution >= 0.6 is 22.7 Å². The smallest absolute Gasteiger partial charge is 0.0619 e. The molecule has 0 bridgehead atoms. The number of fused-ring (bicyclic) bond motifs is 10. The summed E-state index contributed by atoms with van der Waals surface area (Å²) in [6.45, 7) is 0. The number of nitrogens with zero attached hydrogens (tertiary/aromatic N) is 1. The molecule has 0 aliphatic heterocycles. The standard InChI is InChI=1S/C52H31NS2/c1-2-12-37-32(10-1)11-7-15-38(37)33-22-26-36(27-23-33)53-51-39(34-24-28-43-41-13-3-5-20-47(41)54-49(43)30-34)16-8-18-45(51)46-19-9-17-40(52(46)53)35-25-29-44-42-14-4-6-21-48(42)55-50(44)31-35/h1-31H. The van der Waals surface area contributed by atoms with Crippen molar-refractivity contribution in [3.05, 3.63) is 188 Å². The van der Waals surface area contributed by atoms with Gasteiger partial charge in [-0.25, -0.2) is 0 Å². The number of para-hydroxylation sites is 2. The topological polar surface area (TPSA) is 4.93 Å². The zero-order valence-corrected chi connectivity index (χ0v) is 31.3. The Morgan fingerprint density at radius 2 is 0.727 bits per heavy atom. The average molecular weight is 734 g/mol. The van der Waals surface area contributed by atoms with Crippen LogP contribution in [0.3, 0.4) is 0 Å². The molecule has 0 saturated carbocycles. The van der Waals surface area contributed by atoms with Gasteiger partial charge in [0.15, 0.2) is 0 Å². The van der Waals surface area contributed by atoms with Gasteiger partial charge in [0, 0.05) is 67.9 Å². The minimum atomic E-state index is 1.15. The number of aromatic nitrogens is 1. The summed E-state index contributed by atoms with van der Waals surface area (Å²) in [6, 6.07) is 69.8. The molecule has 0 saturated heterocycles. The Balaban J connectivity index is 1.13. The molecule has 3 heterocycles. The largest absolute Gasteiger partial charge is 0.308 e. The molecular formula is C52H31NS2. The summed E-state index contributed by atoms with van der Waals surface area (Å²) in [6.07, 6.45) is 0. The highest BCUT2D eigenvalue weighted by atomic mass is 32.1. The van der Waals surface area contributed by atoms with Crippen LogP contribution in [-0.4, -0.2) is 4.57 Å². The summed E-state index contributed by atoms with van der Waals surface area (Å²) in [5.74, 6) is 0. The van der Waals surface area contributed by atoms with E-state index < -0.39 is 0 Å². The van der Waals surface area contributed by atoms with Crippen LogP contribution < -0.4 is 0 Å². The molecule has 55 heavy (non-hydrogen) atoms. The summed E-state index contributed by atoms with van der Waals surface area (Å²) in [5, 5.41) is 10.3. The van der Waals surface area contributed by atoms with Gasteiger partial charge in [0.1, 0.15) is 0 Å². The van der Waals surface area contributed by atoms with Crippen LogP contribution in [0.4, 0.5) is 0 Å². The van der Waals surface area contributed by atoms with E-state index in [1.165, 1.54) is 106 Å². The maximum atomic E-state index is 2.53. The van der Waals surface area contributed by atoms with Crippen LogP contribution in [0.25, 0.3) is 112 Å². The molecule has 256 valence electrons. The minimum Gasteiger partial charge on any atom is -0.308 e. The Hall–Kier alpha value is -6.52. The number of rotatable bonds is 4. The van der Waals surface area contributed by atoms with E-state index in [0.717, 1.165) is 5.69 Å². The van der Waals surface area contributed by atoms with Crippen molar-refractivity contribution < 1.29 is 0 Å². The highest BCUT2D eigenvalue weighted by Crippen LogP contribution is 2.45. The Labute approximate surface area is 325 Å². The molecule has 0 N–H and O–H groups in total. The van der Waals surface area contributed by atoms with Gasteiger partial charge < -0.3 is 4.57 Å². The number of hydrogen-bond acceptors (Lipinski definition) is 2. The van der Waals surface area contributed by atoms with E-state index in [1.807, 2.05) is 22.7 Å². The van der Waals surface area contributed by atoms with Gasteiger partial charge in [-0.2, -0.15) is 0 Å². The van der Waals surface area contributed by atoms with E-state index in [1.54, 1.807) is 0 Å². The first-order valence-corrected chi connectivity index (χ1v) is 20.4. The maximum absolute atomic E-state index is 2.53. The van der Waals surface area contributed by atoms with Gasteiger partial charge in [-0.15, -0.1) is 22.7 Å². The van der Waals surface area contributed by atoms with Crippen molar-refractivity contribution in [1.82, 2.24) is 4.57 Å². The van der Waals surface area contributed by atoms with E-state index in [9.17, 15) is 0 Å². The summed E-state index contributed by atoms with van der Waals surface area (Å²) < 4.78 is 7.82. The molecule has 3 aromatic heterocycles. The van der Waals surface area contributed by atoms with Gasteiger partial charge in [0.25, 0.3) is 0 Å². The van der Waals surface area contributed by atoms with Crippen LogP contribution in [0.5, 0.6) is 0 Å². The van der Waals surface area contributed by atoms with Gasteiger partial charge in [0.05, 0.1) is 11.0 Å². The maximum Gasteiger partial charge on any atom is 0.0619 e. The molecule has 0 unspecified atom stereocenters. The lowest BCUT2D eigenvalue weighted by atomic mass is 9.98. The SMILES string of the molecule is c1ccc2c(-c3ccc(-n4c5c(-c6ccc7c(c6)sc6ccccc67)cccc5c5cccc(-c6ccc7c(c6)sc6ccccc67)c54)cc3)cccc2c1. The summed E-state index contributed by atoms with van der Waals surface area (Å²) in [4.78, 5) is 0. The third-order valence-electron chi connectivity index (χ3n) is 11.4. The first-order chi connectivity index (χ1) is 27.3. The molecule has 12 aromatic rings. The summed E-state index contributed by atoms with van der Waals surface area (Å²) in [7, 11) is 0. The first kappa shape index (κ1) is 30.9. The summed E-state index contributed by atoms with van der Waals surface area (Å²) in [5.41, 5.74) is 11.0. The number of benzene rings is 9. The van der Waals surface area contributed by atoms with Crippen molar-refractivity contribution >= 4 is 95.6 Å². The molecule has 12 rings (SSSR count). The van der Waals surface area contributed by atoms with E-state index in [0.29, 0.717) is 0 Å². The van der Waals surface area contributed by atoms with E-state index in [2.05, 4.69) is 193 Å². The van der Waals surface area contributed by atoms with Gasteiger partial charge in [-0.05, 0) is 69.4 Å². The molecule has 0 aliphatic rings. The molecule has 0 spiro atoms. The van der Waals surface area contributed by atoms with Crippen LogP contribution in [0, 0.1) is 0 Å². The molecule has 0 amide bonds. The average Bonchev–Trinajstić information content (AvgIpc) is 3.92. The van der Waals surface area contributed by atoms with E-state index in [4.69, 9.17) is 0 Å². The fourth-order valence-electron chi connectivity index (χ4n) is 8.89. The van der Waals surface area contributed by atoms with Crippen molar-refractivity contribution in [3.63, 3.8) is 0 Å². The van der Waals surface area contributed by atoms with Crippen LogP contribution in [-0.2, 0) is 0 Å². The zero-order valence-electron chi connectivity index (χ0n) is 29.7. The lowest BCUT2D eigenvalue weighted by Gasteiger charge is -2.15. The Bertz CT molecular complexity index is 3310. The normalized spacial score (nSPS) is 12.0. The molecule has 3 heteroatoms. The molecule has 0 atom stereocenters. The van der Waals surface area contributed by atoms with Crippen LogP contribution in [0.1, 0.15) is 0 Å². The van der Waals surface area contributed by atoms with Gasteiger partial charge in [0.2, 0.25) is 0 Å². The second-order valence-corrected chi connectivity index (χ2v) is 16.6. The monoisotopic (exact) mass is 733 g/mol. The predicted octanol–water partition coefficient (Wildman–Crippen LogP) is 15.7.